The Morgan fingerprint density at radius 2 is 2.25 bits per heavy atom. The fourth-order valence-corrected chi connectivity index (χ4v) is 0.420. The Hall–Kier alpha value is -0.570. The predicted molar refractivity (Wildman–Crippen MR) is 32.6 cm³/mol. The maximum Gasteiger partial charge on any atom is 0.233 e. The van der Waals surface area contributed by atoms with Crippen LogP contribution in [0.2, 0.25) is 0 Å². The van der Waals surface area contributed by atoms with Gasteiger partial charge in [-0.3, -0.25) is 4.79 Å². The summed E-state index contributed by atoms with van der Waals surface area (Å²) in [4.78, 5) is 10.5. The molecule has 2 N–H and O–H groups in total. The predicted octanol–water partition coefficient (Wildman–Crippen LogP) is -0.658. The standard InChI is InChI=1S/C5H12N2O/c1-3-7-5(8)4-6-2/h6H,3-4H2,1-2H3,(H,7,8). The molecule has 0 aliphatic rings. The third kappa shape index (κ3) is 3.61. The molecule has 48 valence electrons. The van der Waals surface area contributed by atoms with Crippen molar-refractivity contribution in [2.75, 3.05) is 20.1 Å². The zero-order valence-corrected chi connectivity index (χ0v) is 5.32. The molecule has 0 aromatic heterocycles. The van der Waals surface area contributed by atoms with E-state index >= 15 is 0 Å². The van der Waals surface area contributed by atoms with E-state index in [9.17, 15) is 4.79 Å². The molecule has 0 aliphatic carbocycles. The van der Waals surface area contributed by atoms with Gasteiger partial charge in [0.15, 0.2) is 0 Å². The van der Waals surface area contributed by atoms with Crippen molar-refractivity contribution in [1.82, 2.24) is 10.6 Å². The first kappa shape index (κ1) is 7.43. The van der Waals surface area contributed by atoms with E-state index in [0.29, 0.717) is 13.1 Å². The molecule has 0 bridgehead atoms. The van der Waals surface area contributed by atoms with Gasteiger partial charge < -0.3 is 10.6 Å². The van der Waals surface area contributed by atoms with E-state index in [1.54, 1.807) is 7.05 Å². The van der Waals surface area contributed by atoms with Gasteiger partial charge in [0.1, 0.15) is 0 Å². The maximum absolute atomic E-state index is 10.5. The molecule has 8 heavy (non-hydrogen) atoms. The Labute approximate surface area is 49.5 Å². The van der Waals surface area contributed by atoms with E-state index in [-0.39, 0.29) is 5.91 Å². The Balaban J connectivity index is 3.06. The van der Waals surface area contributed by atoms with Crippen molar-refractivity contribution in [2.45, 2.75) is 6.92 Å². The lowest BCUT2D eigenvalue weighted by atomic mass is 10.6. The molecule has 0 radical (unpaired) electrons. The molecule has 0 saturated carbocycles. The van der Waals surface area contributed by atoms with E-state index in [1.807, 2.05) is 6.92 Å². The van der Waals surface area contributed by atoms with Gasteiger partial charge in [-0.25, -0.2) is 0 Å². The second-order valence-corrected chi connectivity index (χ2v) is 1.48. The molecule has 0 fully saturated rings. The second-order valence-electron chi connectivity index (χ2n) is 1.48. The summed E-state index contributed by atoms with van der Waals surface area (Å²) in [6.07, 6.45) is 0. The number of carbonyl (C=O) groups is 1. The Morgan fingerprint density at radius 1 is 1.62 bits per heavy atom. The third-order valence-electron chi connectivity index (χ3n) is 0.711. The number of likely N-dealkylation sites (N-methyl/N-ethyl adjacent to an activating group) is 2. The summed E-state index contributed by atoms with van der Waals surface area (Å²) in [5, 5.41) is 5.39. The highest BCUT2D eigenvalue weighted by molar-refractivity contribution is 5.77. The molecule has 0 heterocycles. The average Bonchev–Trinajstić information content (AvgIpc) is 1.68. The smallest absolute Gasteiger partial charge is 0.233 e. The van der Waals surface area contributed by atoms with Crippen molar-refractivity contribution in [1.29, 1.82) is 0 Å². The molecular formula is C5H12N2O. The summed E-state index contributed by atoms with van der Waals surface area (Å²) in [6.45, 7) is 3.02. The highest BCUT2D eigenvalue weighted by atomic mass is 16.1. The van der Waals surface area contributed by atoms with E-state index in [1.165, 1.54) is 0 Å². The molecule has 0 atom stereocenters. The van der Waals surface area contributed by atoms with Crippen molar-refractivity contribution in [3.63, 3.8) is 0 Å². The average molecular weight is 116 g/mol. The molecule has 0 aliphatic heterocycles. The van der Waals surface area contributed by atoms with Gasteiger partial charge in [0.05, 0.1) is 6.54 Å². The van der Waals surface area contributed by atoms with Crippen LogP contribution in [0.15, 0.2) is 0 Å². The fourth-order valence-electron chi connectivity index (χ4n) is 0.420. The van der Waals surface area contributed by atoms with Crippen LogP contribution in [0.1, 0.15) is 6.92 Å². The van der Waals surface area contributed by atoms with Crippen molar-refractivity contribution in [3.05, 3.63) is 0 Å². The van der Waals surface area contributed by atoms with Crippen LogP contribution >= 0.6 is 0 Å². The summed E-state index contributed by atoms with van der Waals surface area (Å²) in [5.41, 5.74) is 0. The topological polar surface area (TPSA) is 41.1 Å². The van der Waals surface area contributed by atoms with Crippen LogP contribution in [0.3, 0.4) is 0 Å². The van der Waals surface area contributed by atoms with Gasteiger partial charge in [0, 0.05) is 6.54 Å². The van der Waals surface area contributed by atoms with Gasteiger partial charge in [-0.1, -0.05) is 0 Å². The van der Waals surface area contributed by atoms with Crippen molar-refractivity contribution in [2.24, 2.45) is 0 Å². The number of rotatable bonds is 3. The van der Waals surface area contributed by atoms with Gasteiger partial charge >= 0.3 is 0 Å². The molecule has 0 spiro atoms. The molecule has 0 aromatic carbocycles. The summed E-state index contributed by atoms with van der Waals surface area (Å²) in [5.74, 6) is 0.0509. The number of hydrogen-bond donors (Lipinski definition) is 2. The lowest BCUT2D eigenvalue weighted by molar-refractivity contribution is -0.120. The van der Waals surface area contributed by atoms with Crippen LogP contribution < -0.4 is 10.6 Å². The monoisotopic (exact) mass is 116 g/mol. The number of carbonyl (C=O) groups excluding carboxylic acids is 1. The van der Waals surface area contributed by atoms with Gasteiger partial charge in [-0.05, 0) is 14.0 Å². The summed E-state index contributed by atoms with van der Waals surface area (Å²) >= 11 is 0. The first-order chi connectivity index (χ1) is 3.81. The molecule has 3 nitrogen and oxygen atoms in total. The van der Waals surface area contributed by atoms with Gasteiger partial charge in [-0.15, -0.1) is 0 Å². The van der Waals surface area contributed by atoms with Crippen molar-refractivity contribution in [3.8, 4) is 0 Å². The second kappa shape index (κ2) is 4.59. The van der Waals surface area contributed by atoms with Gasteiger partial charge in [0.25, 0.3) is 0 Å². The highest BCUT2D eigenvalue weighted by Crippen LogP contribution is 1.58. The summed E-state index contributed by atoms with van der Waals surface area (Å²) < 4.78 is 0. The molecule has 1 amide bonds. The summed E-state index contributed by atoms with van der Waals surface area (Å²) in [7, 11) is 1.75. The lowest BCUT2D eigenvalue weighted by Gasteiger charge is -1.97. The van der Waals surface area contributed by atoms with Crippen LogP contribution in [0.5, 0.6) is 0 Å². The number of amides is 1. The fraction of sp³-hybridized carbons (Fsp3) is 0.800. The minimum Gasteiger partial charge on any atom is -0.355 e. The first-order valence-corrected chi connectivity index (χ1v) is 2.72. The molecule has 3 heteroatoms. The van der Waals surface area contributed by atoms with Crippen LogP contribution in [0, 0.1) is 0 Å². The van der Waals surface area contributed by atoms with E-state index in [2.05, 4.69) is 10.6 Å². The zero-order chi connectivity index (χ0) is 6.41. The Kier molecular flexibility index (Phi) is 4.26. The first-order valence-electron chi connectivity index (χ1n) is 2.72. The normalized spacial score (nSPS) is 8.75. The molecule has 0 unspecified atom stereocenters. The van der Waals surface area contributed by atoms with Crippen LogP contribution in [0.4, 0.5) is 0 Å². The quantitative estimate of drug-likeness (QED) is 0.514. The van der Waals surface area contributed by atoms with E-state index < -0.39 is 0 Å². The van der Waals surface area contributed by atoms with Crippen molar-refractivity contribution >= 4 is 5.91 Å². The van der Waals surface area contributed by atoms with Gasteiger partial charge in [0.2, 0.25) is 5.91 Å². The number of nitrogens with one attached hydrogen (secondary N) is 2. The van der Waals surface area contributed by atoms with Crippen LogP contribution in [0.25, 0.3) is 0 Å². The summed E-state index contributed by atoms with van der Waals surface area (Å²) in [6, 6.07) is 0. The molecule has 0 rings (SSSR count). The van der Waals surface area contributed by atoms with Gasteiger partial charge in [-0.2, -0.15) is 0 Å². The van der Waals surface area contributed by atoms with Crippen LogP contribution in [-0.2, 0) is 4.79 Å². The largest absolute Gasteiger partial charge is 0.355 e. The Bertz CT molecular complexity index is 64.8. The SMILES string of the molecule is CCNC(=O)CNC. The van der Waals surface area contributed by atoms with Crippen molar-refractivity contribution < 1.29 is 4.79 Å². The molecular weight excluding hydrogens is 104 g/mol. The van der Waals surface area contributed by atoms with E-state index in [4.69, 9.17) is 0 Å². The number of hydrogen-bond acceptors (Lipinski definition) is 2. The zero-order valence-electron chi connectivity index (χ0n) is 5.32. The minimum absolute atomic E-state index is 0.0509. The maximum atomic E-state index is 10.5. The minimum atomic E-state index is 0.0509. The lowest BCUT2D eigenvalue weighted by Crippen LogP contribution is -2.31. The Morgan fingerprint density at radius 3 is 2.62 bits per heavy atom. The molecule has 0 saturated heterocycles. The molecule has 0 aromatic rings. The van der Waals surface area contributed by atoms with Crippen LogP contribution in [-0.4, -0.2) is 26.0 Å². The highest BCUT2D eigenvalue weighted by Gasteiger charge is 1.91. The third-order valence-corrected chi connectivity index (χ3v) is 0.711. The van der Waals surface area contributed by atoms with E-state index in [0.717, 1.165) is 0 Å².